The molecule has 2 saturated heterocycles. The highest BCUT2D eigenvalue weighted by Gasteiger charge is 2.34. The minimum absolute atomic E-state index is 0.144. The third-order valence-electron chi connectivity index (χ3n) is 7.66. The number of carbonyl (C=O) groups is 1. The van der Waals surface area contributed by atoms with E-state index >= 15 is 4.39 Å². The molecule has 10 heteroatoms. The molecule has 1 unspecified atom stereocenters. The number of anilines is 1. The van der Waals surface area contributed by atoms with Crippen molar-refractivity contribution in [1.82, 2.24) is 19.7 Å². The van der Waals surface area contributed by atoms with E-state index in [2.05, 4.69) is 32.4 Å². The normalized spacial score (nSPS) is 20.2. The lowest BCUT2D eigenvalue weighted by molar-refractivity contribution is -0.0375. The van der Waals surface area contributed by atoms with Crippen LogP contribution in [-0.2, 0) is 15.9 Å². The fourth-order valence-electron chi connectivity index (χ4n) is 5.76. The fourth-order valence-corrected chi connectivity index (χ4v) is 6.46. The molecule has 2 fully saturated rings. The Morgan fingerprint density at radius 2 is 1.98 bits per heavy atom. The van der Waals surface area contributed by atoms with E-state index in [9.17, 15) is 4.79 Å². The highest BCUT2D eigenvalue weighted by molar-refractivity contribution is 9.11. The van der Waals surface area contributed by atoms with Crippen molar-refractivity contribution in [1.29, 1.82) is 0 Å². The van der Waals surface area contributed by atoms with Gasteiger partial charge in [-0.15, -0.1) is 5.10 Å². The number of benzene rings is 1. The Balaban J connectivity index is 1.23. The van der Waals surface area contributed by atoms with Crippen molar-refractivity contribution < 1.29 is 18.7 Å². The van der Waals surface area contributed by atoms with Gasteiger partial charge in [0, 0.05) is 29.8 Å². The SMILES string of the molecule is CC(C)(C)OC(=O)N1CC(Nc2ccc(C3=C(Br)CCCc4c3ccc3c4c(F)nn3C3CCCCO3)nc2)C1. The number of aromatic nitrogens is 3. The summed E-state index contributed by atoms with van der Waals surface area (Å²) in [4.78, 5) is 18.7. The number of hydrogen-bond acceptors (Lipinski definition) is 6. The molecule has 0 bridgehead atoms. The van der Waals surface area contributed by atoms with Gasteiger partial charge in [0.2, 0.25) is 5.95 Å². The molecular formula is C30H35BrFN5O3. The van der Waals surface area contributed by atoms with Crippen LogP contribution in [0.2, 0.25) is 0 Å². The summed E-state index contributed by atoms with van der Waals surface area (Å²) in [5.74, 6) is -0.438. The maximum absolute atomic E-state index is 15.4. The Bertz CT molecular complexity index is 1450. The maximum atomic E-state index is 15.4. The average Bonchev–Trinajstić information content (AvgIpc) is 3.13. The topological polar surface area (TPSA) is 81.5 Å². The van der Waals surface area contributed by atoms with Crippen molar-refractivity contribution in [3.8, 4) is 0 Å². The minimum atomic E-state index is -0.503. The highest BCUT2D eigenvalue weighted by Crippen LogP contribution is 2.41. The predicted octanol–water partition coefficient (Wildman–Crippen LogP) is 6.79. The van der Waals surface area contributed by atoms with Crippen molar-refractivity contribution in [2.24, 2.45) is 0 Å². The van der Waals surface area contributed by atoms with E-state index in [1.165, 1.54) is 0 Å². The van der Waals surface area contributed by atoms with E-state index in [0.29, 0.717) is 25.1 Å². The number of hydrogen-bond donors (Lipinski definition) is 1. The van der Waals surface area contributed by atoms with Crippen LogP contribution in [0.15, 0.2) is 34.9 Å². The van der Waals surface area contributed by atoms with Crippen molar-refractivity contribution >= 4 is 44.2 Å². The molecule has 3 aliphatic rings. The van der Waals surface area contributed by atoms with Gasteiger partial charge in [-0.3, -0.25) is 4.98 Å². The molecule has 1 amide bonds. The summed E-state index contributed by atoms with van der Waals surface area (Å²) in [6.07, 6.45) is 6.74. The zero-order valence-corrected chi connectivity index (χ0v) is 24.8. The molecule has 3 aromatic rings. The first-order valence-electron chi connectivity index (χ1n) is 14.1. The number of likely N-dealkylation sites (tertiary alicyclic amines) is 1. The van der Waals surface area contributed by atoms with Crippen LogP contribution >= 0.6 is 15.9 Å². The Morgan fingerprint density at radius 1 is 1.15 bits per heavy atom. The first kappa shape index (κ1) is 27.2. The summed E-state index contributed by atoms with van der Waals surface area (Å²) in [7, 11) is 0. The third-order valence-corrected chi connectivity index (χ3v) is 8.45. The number of nitrogens with zero attached hydrogens (tertiary/aromatic N) is 4. The van der Waals surface area contributed by atoms with Gasteiger partial charge < -0.3 is 19.7 Å². The molecule has 1 aliphatic carbocycles. The first-order valence-corrected chi connectivity index (χ1v) is 14.9. The number of fused-ring (bicyclic) bond motifs is 3. The second kappa shape index (κ2) is 10.8. The van der Waals surface area contributed by atoms with Crippen LogP contribution in [0.3, 0.4) is 0 Å². The molecule has 4 heterocycles. The van der Waals surface area contributed by atoms with Gasteiger partial charge in [0.15, 0.2) is 6.23 Å². The van der Waals surface area contributed by atoms with Crippen LogP contribution in [0.4, 0.5) is 14.9 Å². The van der Waals surface area contributed by atoms with Crippen molar-refractivity contribution in [3.63, 3.8) is 0 Å². The average molecular weight is 613 g/mol. The van der Waals surface area contributed by atoms with Crippen molar-refractivity contribution in [2.45, 2.75) is 77.2 Å². The van der Waals surface area contributed by atoms with Crippen LogP contribution in [-0.4, -0.2) is 57.1 Å². The van der Waals surface area contributed by atoms with Gasteiger partial charge >= 0.3 is 6.09 Å². The summed E-state index contributed by atoms with van der Waals surface area (Å²) >= 11 is 3.82. The van der Waals surface area contributed by atoms with E-state index in [1.807, 2.05) is 45.2 Å². The van der Waals surface area contributed by atoms with Gasteiger partial charge in [-0.05, 0) is 88.6 Å². The van der Waals surface area contributed by atoms with Gasteiger partial charge in [0.05, 0.1) is 34.5 Å². The molecule has 40 heavy (non-hydrogen) atoms. The van der Waals surface area contributed by atoms with E-state index in [0.717, 1.165) is 76.6 Å². The second-order valence-corrected chi connectivity index (χ2v) is 12.8. The second-order valence-electron chi connectivity index (χ2n) is 11.8. The molecule has 1 aromatic carbocycles. The van der Waals surface area contributed by atoms with E-state index in [-0.39, 0.29) is 18.4 Å². The molecule has 0 saturated carbocycles. The van der Waals surface area contributed by atoms with Gasteiger partial charge in [-0.2, -0.15) is 4.39 Å². The Morgan fingerprint density at radius 3 is 2.67 bits per heavy atom. The molecule has 6 rings (SSSR count). The largest absolute Gasteiger partial charge is 0.444 e. The monoisotopic (exact) mass is 611 g/mol. The molecule has 0 spiro atoms. The number of ether oxygens (including phenoxy) is 2. The molecule has 0 radical (unpaired) electrons. The standard InChI is InChI=1S/C30H35BrFN5O3/c1-30(2,3)40-29(38)36-16-19(17-36)34-18-10-12-23(33-15-18)26-21-11-13-24-27(20(21)7-6-8-22(26)31)28(32)35-37(24)25-9-4-5-14-39-25/h10-13,15,19,25,34H,4-9,14,16-17H2,1-3H3. The number of allylic oxidation sites excluding steroid dienone is 1. The van der Waals surface area contributed by atoms with Gasteiger partial charge in [-0.1, -0.05) is 22.0 Å². The lowest BCUT2D eigenvalue weighted by Crippen LogP contribution is -2.57. The lowest BCUT2D eigenvalue weighted by Gasteiger charge is -2.40. The molecule has 8 nitrogen and oxygen atoms in total. The highest BCUT2D eigenvalue weighted by atomic mass is 79.9. The van der Waals surface area contributed by atoms with Crippen LogP contribution in [0.1, 0.15) is 75.9 Å². The number of carbonyl (C=O) groups excluding carboxylic acids is 1. The number of halogens is 2. The summed E-state index contributed by atoms with van der Waals surface area (Å²) < 4.78 is 29.6. The summed E-state index contributed by atoms with van der Waals surface area (Å²) in [6.45, 7) is 7.45. The van der Waals surface area contributed by atoms with Crippen LogP contribution < -0.4 is 5.32 Å². The van der Waals surface area contributed by atoms with E-state index < -0.39 is 11.5 Å². The number of pyridine rings is 1. The van der Waals surface area contributed by atoms with Crippen molar-refractivity contribution in [3.05, 3.63) is 57.7 Å². The maximum Gasteiger partial charge on any atom is 0.410 e. The number of aryl methyl sites for hydroxylation is 1. The molecular weight excluding hydrogens is 577 g/mol. The lowest BCUT2D eigenvalue weighted by atomic mass is 9.94. The van der Waals surface area contributed by atoms with Gasteiger partial charge in [0.25, 0.3) is 0 Å². The Labute approximate surface area is 242 Å². The van der Waals surface area contributed by atoms with Crippen LogP contribution in [0.25, 0.3) is 16.5 Å². The first-order chi connectivity index (χ1) is 19.2. The number of rotatable bonds is 4. The van der Waals surface area contributed by atoms with E-state index in [4.69, 9.17) is 14.5 Å². The fraction of sp³-hybridized carbons (Fsp3) is 0.500. The predicted molar refractivity (Wildman–Crippen MR) is 156 cm³/mol. The molecule has 2 aromatic heterocycles. The zero-order chi connectivity index (χ0) is 28.0. The van der Waals surface area contributed by atoms with Gasteiger partial charge in [0.1, 0.15) is 5.60 Å². The number of nitrogens with one attached hydrogen (secondary N) is 1. The molecule has 1 N–H and O–H groups in total. The number of amides is 1. The zero-order valence-electron chi connectivity index (χ0n) is 23.2. The van der Waals surface area contributed by atoms with Crippen molar-refractivity contribution in [2.75, 3.05) is 25.0 Å². The Kier molecular flexibility index (Phi) is 7.33. The third kappa shape index (κ3) is 5.35. The Hall–Kier alpha value is -2.98. The van der Waals surface area contributed by atoms with E-state index in [1.54, 1.807) is 9.58 Å². The molecule has 212 valence electrons. The summed E-state index contributed by atoms with van der Waals surface area (Å²) in [5.41, 5.74) is 4.94. The molecule has 2 aliphatic heterocycles. The van der Waals surface area contributed by atoms with Crippen LogP contribution in [0.5, 0.6) is 0 Å². The summed E-state index contributed by atoms with van der Waals surface area (Å²) in [6, 6.07) is 8.20. The quantitative estimate of drug-likeness (QED) is 0.350. The van der Waals surface area contributed by atoms with Crippen LogP contribution in [0, 0.1) is 5.95 Å². The minimum Gasteiger partial charge on any atom is -0.444 e. The summed E-state index contributed by atoms with van der Waals surface area (Å²) in [5, 5.41) is 8.34. The smallest absolute Gasteiger partial charge is 0.410 e. The molecule has 1 atom stereocenters. The van der Waals surface area contributed by atoms with Gasteiger partial charge in [-0.25, -0.2) is 9.48 Å².